The number of hydrogen-bond acceptors (Lipinski definition) is 5. The Morgan fingerprint density at radius 2 is 1.87 bits per heavy atom. The molecule has 7 nitrogen and oxygen atoms in total. The van der Waals surface area contributed by atoms with E-state index in [1.165, 1.54) is 0 Å². The molecule has 0 bridgehead atoms. The van der Waals surface area contributed by atoms with Crippen LogP contribution in [0.25, 0.3) is 0 Å². The monoisotopic (exact) mass is 316 g/mol. The third-order valence-electron chi connectivity index (χ3n) is 2.93. The van der Waals surface area contributed by atoms with E-state index >= 15 is 0 Å². The molecule has 0 radical (unpaired) electrons. The highest BCUT2D eigenvalue weighted by molar-refractivity contribution is 6.05. The Hall–Kier alpha value is -3.09. The summed E-state index contributed by atoms with van der Waals surface area (Å²) >= 11 is 0. The Labute approximate surface area is 132 Å². The van der Waals surface area contributed by atoms with Crippen molar-refractivity contribution in [2.75, 3.05) is 5.32 Å². The summed E-state index contributed by atoms with van der Waals surface area (Å²) in [6, 6.07) is 9.87. The van der Waals surface area contributed by atoms with Gasteiger partial charge in [0.05, 0.1) is 16.7 Å². The summed E-state index contributed by atoms with van der Waals surface area (Å²) in [5, 5.41) is 22.9. The highest BCUT2D eigenvalue weighted by Gasteiger charge is 2.14. The molecule has 23 heavy (non-hydrogen) atoms. The van der Waals surface area contributed by atoms with Gasteiger partial charge in [-0.15, -0.1) is 0 Å². The molecule has 2 rings (SSSR count). The molecule has 0 aromatic heterocycles. The number of ether oxygens (including phenoxy) is 1. The Kier molecular flexibility index (Phi) is 4.80. The summed E-state index contributed by atoms with van der Waals surface area (Å²) in [4.78, 5) is 22.3. The maximum Gasteiger partial charge on any atom is 0.271 e. The zero-order chi connectivity index (χ0) is 17.0. The third-order valence-corrected chi connectivity index (χ3v) is 2.93. The molecule has 0 aliphatic carbocycles. The number of hydrogen-bond donors (Lipinski definition) is 2. The number of rotatable bonds is 5. The number of nitro groups is 1. The number of nitrogens with zero attached hydrogens (tertiary/aromatic N) is 1. The van der Waals surface area contributed by atoms with Crippen molar-refractivity contribution in [3.8, 4) is 11.5 Å². The van der Waals surface area contributed by atoms with Crippen LogP contribution >= 0.6 is 0 Å². The molecule has 120 valence electrons. The number of carbonyl (C=O) groups is 1. The number of benzene rings is 2. The van der Waals surface area contributed by atoms with Crippen LogP contribution in [-0.4, -0.2) is 22.0 Å². The first kappa shape index (κ1) is 16.3. The Morgan fingerprint density at radius 1 is 1.22 bits per heavy atom. The number of amides is 1. The van der Waals surface area contributed by atoms with E-state index in [9.17, 15) is 20.0 Å². The van der Waals surface area contributed by atoms with Gasteiger partial charge in [-0.25, -0.2) is 0 Å². The zero-order valence-electron chi connectivity index (χ0n) is 12.6. The summed E-state index contributed by atoms with van der Waals surface area (Å²) in [5.41, 5.74) is 0.0949. The van der Waals surface area contributed by atoms with E-state index < -0.39 is 10.8 Å². The van der Waals surface area contributed by atoms with Crippen LogP contribution in [0.2, 0.25) is 0 Å². The van der Waals surface area contributed by atoms with Gasteiger partial charge in [-0.1, -0.05) is 0 Å². The number of aromatic hydroxyl groups is 1. The topological polar surface area (TPSA) is 102 Å². The molecule has 0 heterocycles. The van der Waals surface area contributed by atoms with Crippen LogP contribution in [-0.2, 0) is 0 Å². The second-order valence-electron chi connectivity index (χ2n) is 5.10. The smallest absolute Gasteiger partial charge is 0.271 e. The molecule has 0 atom stereocenters. The third kappa shape index (κ3) is 4.19. The minimum absolute atomic E-state index is 0.0216. The molecule has 2 N–H and O–H groups in total. The fourth-order valence-corrected chi connectivity index (χ4v) is 1.89. The van der Waals surface area contributed by atoms with Crippen molar-refractivity contribution < 1.29 is 19.6 Å². The van der Waals surface area contributed by atoms with Gasteiger partial charge in [0.25, 0.3) is 11.6 Å². The zero-order valence-corrected chi connectivity index (χ0v) is 12.6. The van der Waals surface area contributed by atoms with Crippen LogP contribution in [0.4, 0.5) is 11.4 Å². The number of nitrogens with one attached hydrogen (secondary N) is 1. The standard InChI is InChI=1S/C16H16N2O5/c1-10(2)23-13-6-3-11(4-7-13)16(20)17-14-9-12(18(21)22)5-8-15(14)19/h3-10,19H,1-2H3,(H,17,20). The van der Waals surface area contributed by atoms with E-state index in [4.69, 9.17) is 4.74 Å². The van der Waals surface area contributed by atoms with Gasteiger partial charge in [0, 0.05) is 17.7 Å². The van der Waals surface area contributed by atoms with E-state index in [1.54, 1.807) is 24.3 Å². The largest absolute Gasteiger partial charge is 0.506 e. The lowest BCUT2D eigenvalue weighted by Crippen LogP contribution is -2.12. The lowest BCUT2D eigenvalue weighted by Gasteiger charge is -2.10. The Bertz CT molecular complexity index is 726. The van der Waals surface area contributed by atoms with E-state index in [2.05, 4.69) is 5.32 Å². The van der Waals surface area contributed by atoms with Crippen molar-refractivity contribution in [3.05, 3.63) is 58.1 Å². The highest BCUT2D eigenvalue weighted by Crippen LogP contribution is 2.28. The summed E-state index contributed by atoms with van der Waals surface area (Å²) in [6.07, 6.45) is 0.0245. The van der Waals surface area contributed by atoms with Gasteiger partial charge in [-0.05, 0) is 44.2 Å². The SMILES string of the molecule is CC(C)Oc1ccc(C(=O)Nc2cc([N+](=O)[O-])ccc2O)cc1. The average Bonchev–Trinajstić information content (AvgIpc) is 2.49. The highest BCUT2D eigenvalue weighted by atomic mass is 16.6. The molecule has 0 aliphatic heterocycles. The number of phenolic OH excluding ortho intramolecular Hbond substituents is 1. The molecular formula is C16H16N2O5. The first-order chi connectivity index (χ1) is 10.9. The quantitative estimate of drug-likeness (QED) is 0.500. The summed E-state index contributed by atoms with van der Waals surface area (Å²) in [5.74, 6) is -0.102. The van der Waals surface area contributed by atoms with Crippen molar-refractivity contribution in [1.29, 1.82) is 0 Å². The van der Waals surface area contributed by atoms with Crippen molar-refractivity contribution >= 4 is 17.3 Å². The van der Waals surface area contributed by atoms with Crippen LogP contribution < -0.4 is 10.1 Å². The predicted molar refractivity (Wildman–Crippen MR) is 84.9 cm³/mol. The second kappa shape index (κ2) is 6.78. The fraction of sp³-hybridized carbons (Fsp3) is 0.188. The van der Waals surface area contributed by atoms with Crippen LogP contribution in [0.5, 0.6) is 11.5 Å². The second-order valence-corrected chi connectivity index (χ2v) is 5.10. The average molecular weight is 316 g/mol. The summed E-state index contributed by atoms with van der Waals surface area (Å²) < 4.78 is 5.48. The Morgan fingerprint density at radius 3 is 2.43 bits per heavy atom. The first-order valence-electron chi connectivity index (χ1n) is 6.92. The van der Waals surface area contributed by atoms with E-state index in [1.807, 2.05) is 13.8 Å². The molecule has 1 amide bonds. The van der Waals surface area contributed by atoms with Crippen LogP contribution in [0.1, 0.15) is 24.2 Å². The van der Waals surface area contributed by atoms with Crippen molar-refractivity contribution in [2.45, 2.75) is 20.0 Å². The predicted octanol–water partition coefficient (Wildman–Crippen LogP) is 3.34. The molecule has 0 saturated carbocycles. The molecule has 0 unspecified atom stereocenters. The van der Waals surface area contributed by atoms with Crippen LogP contribution in [0.15, 0.2) is 42.5 Å². The first-order valence-corrected chi connectivity index (χ1v) is 6.92. The summed E-state index contributed by atoms with van der Waals surface area (Å²) in [7, 11) is 0. The molecule has 0 fully saturated rings. The molecule has 0 spiro atoms. The van der Waals surface area contributed by atoms with Gasteiger partial charge in [-0.3, -0.25) is 14.9 Å². The molecule has 7 heteroatoms. The van der Waals surface area contributed by atoms with E-state index in [0.29, 0.717) is 11.3 Å². The van der Waals surface area contributed by atoms with Gasteiger partial charge in [0.1, 0.15) is 11.5 Å². The van der Waals surface area contributed by atoms with Gasteiger partial charge >= 0.3 is 0 Å². The number of anilines is 1. The van der Waals surface area contributed by atoms with Crippen LogP contribution in [0, 0.1) is 10.1 Å². The minimum Gasteiger partial charge on any atom is -0.506 e. The summed E-state index contributed by atoms with van der Waals surface area (Å²) in [6.45, 7) is 3.79. The van der Waals surface area contributed by atoms with Crippen molar-refractivity contribution in [2.24, 2.45) is 0 Å². The molecule has 0 saturated heterocycles. The molecule has 2 aromatic carbocycles. The Balaban J connectivity index is 2.15. The minimum atomic E-state index is -0.604. The maximum atomic E-state index is 12.1. The molecular weight excluding hydrogens is 300 g/mol. The maximum absolute atomic E-state index is 12.1. The van der Waals surface area contributed by atoms with Crippen molar-refractivity contribution in [3.63, 3.8) is 0 Å². The number of non-ortho nitro benzene ring substituents is 1. The number of carbonyl (C=O) groups excluding carboxylic acids is 1. The van der Waals surface area contributed by atoms with Crippen molar-refractivity contribution in [1.82, 2.24) is 0 Å². The van der Waals surface area contributed by atoms with Gasteiger partial charge in [-0.2, -0.15) is 0 Å². The van der Waals surface area contributed by atoms with Crippen LogP contribution in [0.3, 0.4) is 0 Å². The van der Waals surface area contributed by atoms with Gasteiger partial charge < -0.3 is 15.2 Å². The normalized spacial score (nSPS) is 10.4. The van der Waals surface area contributed by atoms with Gasteiger partial charge in [0.15, 0.2) is 0 Å². The van der Waals surface area contributed by atoms with Gasteiger partial charge in [0.2, 0.25) is 0 Å². The van der Waals surface area contributed by atoms with E-state index in [0.717, 1.165) is 18.2 Å². The number of phenols is 1. The van der Waals surface area contributed by atoms with E-state index in [-0.39, 0.29) is 23.2 Å². The number of nitro benzene ring substituents is 1. The molecule has 0 aliphatic rings. The molecule has 2 aromatic rings. The lowest BCUT2D eigenvalue weighted by molar-refractivity contribution is -0.384. The fourth-order valence-electron chi connectivity index (χ4n) is 1.89. The lowest BCUT2D eigenvalue weighted by atomic mass is 10.2.